The predicted molar refractivity (Wildman–Crippen MR) is 273 cm³/mol. The van der Waals surface area contributed by atoms with Gasteiger partial charge in [0.1, 0.15) is 0 Å². The first-order valence-corrected chi connectivity index (χ1v) is 28.1. The molecule has 1 amide bonds. The van der Waals surface area contributed by atoms with E-state index in [1.807, 2.05) is 0 Å². The second kappa shape index (κ2) is 53.0. The number of aliphatic hydroxyl groups is 2. The Morgan fingerprint density at radius 2 is 0.746 bits per heavy atom. The molecule has 0 aliphatic rings. The first-order chi connectivity index (χ1) is 31.0. The molecule has 0 radical (unpaired) electrons. The molecule has 372 valence electrons. The summed E-state index contributed by atoms with van der Waals surface area (Å²) in [4.78, 5) is 24.5. The van der Waals surface area contributed by atoms with E-state index in [1.165, 1.54) is 193 Å². The van der Waals surface area contributed by atoms with Crippen molar-refractivity contribution in [2.75, 3.05) is 13.2 Å². The van der Waals surface area contributed by atoms with Gasteiger partial charge >= 0.3 is 5.97 Å². The fourth-order valence-electron chi connectivity index (χ4n) is 8.63. The molecular formula is C57H109NO5. The minimum Gasteiger partial charge on any atom is -0.466 e. The van der Waals surface area contributed by atoms with Gasteiger partial charge in [-0.3, -0.25) is 9.59 Å². The molecule has 0 spiro atoms. The first-order valence-electron chi connectivity index (χ1n) is 28.1. The first kappa shape index (κ1) is 61.3. The van der Waals surface area contributed by atoms with Gasteiger partial charge in [-0.05, 0) is 77.0 Å². The van der Waals surface area contributed by atoms with E-state index in [2.05, 4.69) is 43.5 Å². The third kappa shape index (κ3) is 49.6. The smallest absolute Gasteiger partial charge is 0.305 e. The Kier molecular flexibility index (Phi) is 51.6. The number of allylic oxidation sites excluding steroid dienone is 4. The van der Waals surface area contributed by atoms with E-state index in [0.717, 1.165) is 77.0 Å². The fourth-order valence-corrected chi connectivity index (χ4v) is 8.63. The van der Waals surface area contributed by atoms with E-state index >= 15 is 0 Å². The van der Waals surface area contributed by atoms with Crippen LogP contribution in [0.2, 0.25) is 0 Å². The summed E-state index contributed by atoms with van der Waals surface area (Å²) >= 11 is 0. The van der Waals surface area contributed by atoms with Crippen LogP contribution in [-0.4, -0.2) is 47.4 Å². The zero-order valence-corrected chi connectivity index (χ0v) is 42.3. The van der Waals surface area contributed by atoms with Gasteiger partial charge < -0.3 is 20.3 Å². The molecule has 0 rings (SSSR count). The number of esters is 1. The molecule has 0 aliphatic heterocycles. The van der Waals surface area contributed by atoms with Crippen molar-refractivity contribution >= 4 is 11.9 Å². The number of carbonyl (C=O) groups is 2. The summed E-state index contributed by atoms with van der Waals surface area (Å²) in [6.45, 7) is 4.86. The van der Waals surface area contributed by atoms with Crippen LogP contribution in [0.25, 0.3) is 0 Å². The molecule has 0 aliphatic carbocycles. The van der Waals surface area contributed by atoms with E-state index in [1.54, 1.807) is 0 Å². The lowest BCUT2D eigenvalue weighted by molar-refractivity contribution is -0.143. The third-order valence-electron chi connectivity index (χ3n) is 13.0. The minimum atomic E-state index is -0.687. The summed E-state index contributed by atoms with van der Waals surface area (Å²) in [5.41, 5.74) is 0. The van der Waals surface area contributed by atoms with Gasteiger partial charge in [-0.1, -0.05) is 237 Å². The third-order valence-corrected chi connectivity index (χ3v) is 13.0. The lowest BCUT2D eigenvalue weighted by Gasteiger charge is -2.22. The molecule has 2 unspecified atom stereocenters. The summed E-state index contributed by atoms with van der Waals surface area (Å²) in [6.07, 6.45) is 63.1. The number of hydrogen-bond acceptors (Lipinski definition) is 5. The normalized spacial score (nSPS) is 12.8. The highest BCUT2D eigenvalue weighted by atomic mass is 16.5. The van der Waals surface area contributed by atoms with E-state index in [4.69, 9.17) is 4.74 Å². The number of rotatable bonds is 52. The molecule has 0 saturated carbocycles. The number of hydrogen-bond donors (Lipinski definition) is 3. The van der Waals surface area contributed by atoms with Crippen molar-refractivity contribution < 1.29 is 24.5 Å². The van der Waals surface area contributed by atoms with Crippen LogP contribution in [0.3, 0.4) is 0 Å². The molecular weight excluding hydrogens is 779 g/mol. The number of amides is 1. The number of aliphatic hydroxyl groups excluding tert-OH is 2. The van der Waals surface area contributed by atoms with Gasteiger partial charge in [0.05, 0.1) is 25.4 Å². The maximum atomic E-state index is 12.5. The molecule has 2 atom stereocenters. The fraction of sp³-hybridized carbons (Fsp3) is 0.895. The molecule has 63 heavy (non-hydrogen) atoms. The highest BCUT2D eigenvalue weighted by molar-refractivity contribution is 5.76. The van der Waals surface area contributed by atoms with Crippen LogP contribution in [0.1, 0.15) is 303 Å². The maximum absolute atomic E-state index is 12.5. The minimum absolute atomic E-state index is 0.0449. The van der Waals surface area contributed by atoms with Gasteiger partial charge in [0.2, 0.25) is 5.91 Å². The Bertz CT molecular complexity index is 982. The predicted octanol–water partition coefficient (Wildman–Crippen LogP) is 17.1. The van der Waals surface area contributed by atoms with Crippen molar-refractivity contribution in [2.45, 2.75) is 315 Å². The topological polar surface area (TPSA) is 95.9 Å². The average Bonchev–Trinajstić information content (AvgIpc) is 3.28. The maximum Gasteiger partial charge on any atom is 0.305 e. The molecule has 6 heteroatoms. The lowest BCUT2D eigenvalue weighted by Crippen LogP contribution is -2.45. The SMILES string of the molecule is CCCCCC/C=C\CCCCCCCC(=O)OCCCC/C=C\CCCCCCC(=O)NC(CO)C(O)CCCCCCCCCCCCCCCCCCCCCCCCC. The highest BCUT2D eigenvalue weighted by Gasteiger charge is 2.20. The van der Waals surface area contributed by atoms with Crippen LogP contribution in [0, 0.1) is 0 Å². The lowest BCUT2D eigenvalue weighted by atomic mass is 10.0. The van der Waals surface area contributed by atoms with E-state index in [-0.39, 0.29) is 18.5 Å². The molecule has 0 bridgehead atoms. The Morgan fingerprint density at radius 3 is 1.14 bits per heavy atom. The highest BCUT2D eigenvalue weighted by Crippen LogP contribution is 2.17. The van der Waals surface area contributed by atoms with Gasteiger partial charge in [0.25, 0.3) is 0 Å². The molecule has 0 saturated heterocycles. The van der Waals surface area contributed by atoms with Gasteiger partial charge in [0.15, 0.2) is 0 Å². The molecule has 0 fully saturated rings. The second-order valence-electron chi connectivity index (χ2n) is 19.3. The molecule has 0 heterocycles. The van der Waals surface area contributed by atoms with E-state index in [9.17, 15) is 19.8 Å². The zero-order chi connectivity index (χ0) is 45.8. The van der Waals surface area contributed by atoms with E-state index in [0.29, 0.717) is 25.9 Å². The van der Waals surface area contributed by atoms with Crippen LogP contribution in [0.15, 0.2) is 24.3 Å². The van der Waals surface area contributed by atoms with Crippen LogP contribution in [0.4, 0.5) is 0 Å². The van der Waals surface area contributed by atoms with Gasteiger partial charge in [-0.25, -0.2) is 0 Å². The van der Waals surface area contributed by atoms with Gasteiger partial charge in [-0.15, -0.1) is 0 Å². The van der Waals surface area contributed by atoms with Crippen LogP contribution >= 0.6 is 0 Å². The number of ether oxygens (including phenoxy) is 1. The van der Waals surface area contributed by atoms with E-state index < -0.39 is 12.1 Å². The molecule has 3 N–H and O–H groups in total. The number of unbranched alkanes of at least 4 members (excludes halogenated alkanes) is 37. The number of carbonyl (C=O) groups excluding carboxylic acids is 2. The molecule has 6 nitrogen and oxygen atoms in total. The summed E-state index contributed by atoms with van der Waals surface area (Å²) in [5.74, 6) is -0.114. The van der Waals surface area contributed by atoms with Crippen molar-refractivity contribution in [3.05, 3.63) is 24.3 Å². The second-order valence-corrected chi connectivity index (χ2v) is 19.3. The summed E-state index contributed by atoms with van der Waals surface area (Å²) in [6, 6.07) is -0.568. The van der Waals surface area contributed by atoms with Crippen molar-refractivity contribution in [1.82, 2.24) is 5.32 Å². The number of nitrogens with one attached hydrogen (secondary N) is 1. The van der Waals surface area contributed by atoms with Crippen LogP contribution in [-0.2, 0) is 14.3 Å². The molecule has 0 aromatic rings. The largest absolute Gasteiger partial charge is 0.466 e. The molecule has 0 aromatic carbocycles. The summed E-state index contributed by atoms with van der Waals surface area (Å²) < 4.78 is 5.42. The van der Waals surface area contributed by atoms with Crippen LogP contribution in [0.5, 0.6) is 0 Å². The van der Waals surface area contributed by atoms with Gasteiger partial charge in [0, 0.05) is 12.8 Å². The van der Waals surface area contributed by atoms with Crippen molar-refractivity contribution in [2.24, 2.45) is 0 Å². The zero-order valence-electron chi connectivity index (χ0n) is 42.3. The molecule has 0 aromatic heterocycles. The summed E-state index contributed by atoms with van der Waals surface area (Å²) in [5, 5.41) is 23.3. The Balaban J connectivity index is 3.51. The Hall–Kier alpha value is -1.66. The summed E-state index contributed by atoms with van der Waals surface area (Å²) in [7, 11) is 0. The monoisotopic (exact) mass is 888 g/mol. The Labute approximate surface area is 392 Å². The van der Waals surface area contributed by atoms with Crippen LogP contribution < -0.4 is 5.32 Å². The Morgan fingerprint density at radius 1 is 0.429 bits per heavy atom. The quantitative estimate of drug-likeness (QED) is 0.0321. The van der Waals surface area contributed by atoms with Crippen molar-refractivity contribution in [1.29, 1.82) is 0 Å². The average molecular weight is 889 g/mol. The van der Waals surface area contributed by atoms with Crippen molar-refractivity contribution in [3.63, 3.8) is 0 Å². The standard InChI is InChI=1S/C57H109NO5/c1-3-5-7-9-11-13-15-17-18-19-20-21-22-23-24-25-26-28-29-33-37-41-45-49-55(60)54(53-59)58-56(61)50-46-42-38-34-31-32-36-40-44-48-52-63-57(62)51-47-43-39-35-30-27-16-14-12-10-8-6-4-2/h14,16,32,36,54-55,59-60H,3-13,15,17-31,33-35,37-53H2,1-2H3,(H,58,61)/b16-14-,36-32-. The van der Waals surface area contributed by atoms with Gasteiger partial charge in [-0.2, -0.15) is 0 Å². The van der Waals surface area contributed by atoms with Crippen molar-refractivity contribution in [3.8, 4) is 0 Å².